The molecular formula is C25H36N8O8. The van der Waals surface area contributed by atoms with E-state index in [0.717, 1.165) is 23.4 Å². The monoisotopic (exact) mass is 576 g/mol. The van der Waals surface area contributed by atoms with Crippen LogP contribution in [0.25, 0.3) is 10.9 Å². The number of aromatic nitrogens is 1. The van der Waals surface area contributed by atoms with Crippen LogP contribution in [0.4, 0.5) is 0 Å². The average molecular weight is 577 g/mol. The van der Waals surface area contributed by atoms with Crippen LogP contribution >= 0.6 is 0 Å². The Morgan fingerprint density at radius 2 is 1.61 bits per heavy atom. The molecule has 0 fully saturated rings. The maximum absolute atomic E-state index is 13.1. The summed E-state index contributed by atoms with van der Waals surface area (Å²) in [5.74, 6) is -5.92. The summed E-state index contributed by atoms with van der Waals surface area (Å²) >= 11 is 0. The lowest BCUT2D eigenvalue weighted by Gasteiger charge is -2.25. The summed E-state index contributed by atoms with van der Waals surface area (Å²) in [6, 6.07) is 1.53. The Morgan fingerprint density at radius 1 is 0.976 bits per heavy atom. The number of nitrogens with two attached hydrogens (primary N) is 3. The van der Waals surface area contributed by atoms with E-state index in [0.29, 0.717) is 0 Å². The maximum atomic E-state index is 13.1. The first-order chi connectivity index (χ1) is 19.3. The van der Waals surface area contributed by atoms with Crippen molar-refractivity contribution in [1.29, 1.82) is 0 Å². The zero-order chi connectivity index (χ0) is 30.7. The first-order valence-corrected chi connectivity index (χ1v) is 12.7. The van der Waals surface area contributed by atoms with Crippen molar-refractivity contribution < 1.29 is 39.3 Å². The summed E-state index contributed by atoms with van der Waals surface area (Å²) in [6.07, 6.45) is -0.439. The number of rotatable bonds is 16. The molecule has 3 amide bonds. The van der Waals surface area contributed by atoms with Crippen LogP contribution in [0.5, 0.6) is 0 Å². The summed E-state index contributed by atoms with van der Waals surface area (Å²) in [4.78, 5) is 68.6. The zero-order valence-electron chi connectivity index (χ0n) is 22.4. The van der Waals surface area contributed by atoms with Gasteiger partial charge in [0, 0.05) is 23.6 Å². The molecule has 16 nitrogen and oxygen atoms in total. The van der Waals surface area contributed by atoms with Crippen molar-refractivity contribution in [3.05, 3.63) is 36.0 Å². The number of carbonyl (C=O) groups excluding carboxylic acids is 3. The Bertz CT molecular complexity index is 1270. The van der Waals surface area contributed by atoms with Crippen LogP contribution in [-0.2, 0) is 30.4 Å². The van der Waals surface area contributed by atoms with Crippen molar-refractivity contribution in [3.63, 3.8) is 0 Å². The quantitative estimate of drug-likeness (QED) is 0.0565. The van der Waals surface area contributed by atoms with Gasteiger partial charge in [-0.15, -0.1) is 0 Å². The predicted molar refractivity (Wildman–Crippen MR) is 147 cm³/mol. The van der Waals surface area contributed by atoms with E-state index >= 15 is 0 Å². The van der Waals surface area contributed by atoms with E-state index in [4.69, 9.17) is 17.2 Å². The van der Waals surface area contributed by atoms with Gasteiger partial charge in [0.1, 0.15) is 12.1 Å². The number of para-hydroxylation sites is 1. The van der Waals surface area contributed by atoms with E-state index in [1.807, 2.05) is 24.3 Å². The number of carboxylic acid groups (broad SMARTS) is 2. The number of H-pyrrole nitrogens is 1. The summed E-state index contributed by atoms with van der Waals surface area (Å²) in [5.41, 5.74) is 18.2. The molecule has 1 heterocycles. The number of aliphatic imine (C=N–C) groups is 1. The number of amides is 3. The Morgan fingerprint density at radius 3 is 2.22 bits per heavy atom. The van der Waals surface area contributed by atoms with Crippen molar-refractivity contribution in [1.82, 2.24) is 20.9 Å². The second-order valence-electron chi connectivity index (χ2n) is 9.40. The number of carbonyl (C=O) groups is 5. The first kappa shape index (κ1) is 32.5. The van der Waals surface area contributed by atoms with Gasteiger partial charge in [0.2, 0.25) is 17.7 Å². The number of nitrogens with one attached hydrogen (secondary N) is 4. The molecule has 0 bridgehead atoms. The van der Waals surface area contributed by atoms with Crippen molar-refractivity contribution >= 4 is 46.5 Å². The van der Waals surface area contributed by atoms with Crippen molar-refractivity contribution in [2.75, 3.05) is 6.54 Å². The molecular weight excluding hydrogens is 540 g/mol. The molecule has 5 atom stereocenters. The normalized spacial score (nSPS) is 14.6. The standard InChI is InChI=1S/C25H36N8O8/c1-12(34)20(24(40)41)33-22(38)17(7-4-8-29-25(27)28)31-23(39)18(10-19(35)36)32-21(37)15(26)9-13-11-30-16-6-3-2-5-14(13)16/h2-3,5-6,11-12,15,17-18,20,30,34H,4,7-10,26H2,1H3,(H,31,39)(H,32,37)(H,33,38)(H,35,36)(H,40,41)(H4,27,28,29). The van der Waals surface area contributed by atoms with E-state index < -0.39 is 66.4 Å². The van der Waals surface area contributed by atoms with Crippen LogP contribution in [0, 0.1) is 0 Å². The Hall–Kier alpha value is -4.70. The average Bonchev–Trinajstić information content (AvgIpc) is 3.30. The van der Waals surface area contributed by atoms with Gasteiger partial charge in [-0.3, -0.25) is 24.2 Å². The molecule has 224 valence electrons. The topological polar surface area (TPSA) is 288 Å². The molecule has 0 saturated heterocycles. The highest BCUT2D eigenvalue weighted by Crippen LogP contribution is 2.18. The van der Waals surface area contributed by atoms with Gasteiger partial charge in [0.15, 0.2) is 12.0 Å². The number of hydrogen-bond acceptors (Lipinski definition) is 8. The third kappa shape index (κ3) is 10.1. The molecule has 16 heteroatoms. The fraction of sp³-hybridized carbons (Fsp3) is 0.440. The summed E-state index contributed by atoms with van der Waals surface area (Å²) in [6.45, 7) is 1.22. The van der Waals surface area contributed by atoms with E-state index in [2.05, 4.69) is 25.9 Å². The van der Waals surface area contributed by atoms with Crippen LogP contribution < -0.4 is 33.2 Å². The smallest absolute Gasteiger partial charge is 0.328 e. The van der Waals surface area contributed by atoms with Gasteiger partial charge in [-0.25, -0.2) is 4.79 Å². The SMILES string of the molecule is CC(O)C(NC(=O)C(CCCN=C(N)N)NC(=O)C(CC(=O)O)NC(=O)C(N)Cc1c[nH]c2ccccc12)C(=O)O. The molecule has 13 N–H and O–H groups in total. The molecule has 1 aromatic heterocycles. The minimum Gasteiger partial charge on any atom is -0.481 e. The van der Waals surface area contributed by atoms with E-state index in [1.54, 1.807) is 6.20 Å². The van der Waals surface area contributed by atoms with Crippen LogP contribution in [0.15, 0.2) is 35.5 Å². The van der Waals surface area contributed by atoms with Crippen LogP contribution in [0.3, 0.4) is 0 Å². The van der Waals surface area contributed by atoms with Crippen molar-refractivity contribution in [2.24, 2.45) is 22.2 Å². The Balaban J connectivity index is 2.16. The number of benzene rings is 1. The fourth-order valence-electron chi connectivity index (χ4n) is 3.98. The lowest BCUT2D eigenvalue weighted by atomic mass is 10.0. The Kier molecular flexibility index (Phi) is 12.0. The minimum absolute atomic E-state index is 0.0682. The number of hydrogen-bond donors (Lipinski definition) is 10. The van der Waals surface area contributed by atoms with E-state index in [9.17, 15) is 39.3 Å². The summed E-state index contributed by atoms with van der Waals surface area (Å²) in [5, 5.41) is 36.0. The molecule has 41 heavy (non-hydrogen) atoms. The van der Waals surface area contributed by atoms with Gasteiger partial charge >= 0.3 is 11.9 Å². The van der Waals surface area contributed by atoms with E-state index in [-0.39, 0.29) is 31.8 Å². The van der Waals surface area contributed by atoms with Crippen LogP contribution in [0.1, 0.15) is 31.7 Å². The number of nitrogens with zero attached hydrogens (tertiary/aromatic N) is 1. The number of aliphatic carboxylic acids is 2. The maximum Gasteiger partial charge on any atom is 0.328 e. The molecule has 2 aromatic rings. The fourth-order valence-corrected chi connectivity index (χ4v) is 3.98. The van der Waals surface area contributed by atoms with Crippen LogP contribution in [0.2, 0.25) is 0 Å². The van der Waals surface area contributed by atoms with Gasteiger partial charge in [0.05, 0.1) is 18.6 Å². The molecule has 1 aromatic carbocycles. The number of aliphatic hydroxyl groups is 1. The van der Waals surface area contributed by atoms with Gasteiger partial charge in [0.25, 0.3) is 0 Å². The highest BCUT2D eigenvalue weighted by Gasteiger charge is 2.32. The largest absolute Gasteiger partial charge is 0.481 e. The molecule has 0 radical (unpaired) electrons. The lowest BCUT2D eigenvalue weighted by molar-refractivity contribution is -0.145. The highest BCUT2D eigenvalue weighted by atomic mass is 16.4. The van der Waals surface area contributed by atoms with Gasteiger partial charge in [-0.05, 0) is 37.8 Å². The number of fused-ring (bicyclic) bond motifs is 1. The molecule has 0 aliphatic carbocycles. The second kappa shape index (κ2) is 15.2. The summed E-state index contributed by atoms with van der Waals surface area (Å²) < 4.78 is 0. The van der Waals surface area contributed by atoms with E-state index in [1.165, 1.54) is 0 Å². The number of aromatic amines is 1. The minimum atomic E-state index is -1.68. The molecule has 0 saturated carbocycles. The molecule has 0 spiro atoms. The molecule has 0 aliphatic heterocycles. The zero-order valence-corrected chi connectivity index (χ0v) is 22.4. The van der Waals surface area contributed by atoms with Crippen LogP contribution in [-0.4, -0.2) is 92.7 Å². The van der Waals surface area contributed by atoms with Crippen molar-refractivity contribution in [2.45, 2.75) is 62.9 Å². The first-order valence-electron chi connectivity index (χ1n) is 12.7. The second-order valence-corrected chi connectivity index (χ2v) is 9.40. The van der Waals surface area contributed by atoms with Gasteiger partial charge < -0.3 is 53.5 Å². The lowest BCUT2D eigenvalue weighted by Crippen LogP contribution is -2.58. The number of guanidine groups is 1. The number of aliphatic hydroxyl groups excluding tert-OH is 1. The molecule has 2 rings (SSSR count). The highest BCUT2D eigenvalue weighted by molar-refractivity contribution is 5.96. The predicted octanol–water partition coefficient (Wildman–Crippen LogP) is -2.51. The third-order valence-electron chi connectivity index (χ3n) is 6.09. The van der Waals surface area contributed by atoms with Crippen molar-refractivity contribution in [3.8, 4) is 0 Å². The third-order valence-corrected chi connectivity index (χ3v) is 6.09. The Labute approximate surface area is 234 Å². The molecule has 0 aliphatic rings. The molecule has 5 unspecified atom stereocenters. The van der Waals surface area contributed by atoms with Gasteiger partial charge in [-0.2, -0.15) is 0 Å². The van der Waals surface area contributed by atoms with Gasteiger partial charge in [-0.1, -0.05) is 18.2 Å². The summed E-state index contributed by atoms with van der Waals surface area (Å²) in [7, 11) is 0. The number of carboxylic acids is 2.